The molecule has 2 aromatic rings. The molecule has 13 heteroatoms. The smallest absolute Gasteiger partial charge is 0.276 e. The molecule has 1 aromatic carbocycles. The van der Waals surface area contributed by atoms with Crippen molar-refractivity contribution in [3.8, 4) is 0 Å². The number of anilines is 4. The SMILES string of the molecule is Cc1ncc(C(=O)Nc2ccc(NS(=O)(=O)CCO)cc2N2CCC3(CC2)CC3)nc1N1CCC(F)(F)CC1. The van der Waals surface area contributed by atoms with Crippen LogP contribution in [-0.2, 0) is 10.0 Å². The molecule has 1 aromatic heterocycles. The van der Waals surface area contributed by atoms with Crippen molar-refractivity contribution >= 4 is 38.8 Å². The number of halogens is 2. The number of amides is 1. The molecule has 1 spiro atoms. The van der Waals surface area contributed by atoms with Crippen LogP contribution in [0.1, 0.15) is 54.7 Å². The normalized spacial score (nSPS) is 20.1. The van der Waals surface area contributed by atoms with Crippen LogP contribution < -0.4 is 19.8 Å². The van der Waals surface area contributed by atoms with Gasteiger partial charge < -0.3 is 20.2 Å². The minimum absolute atomic E-state index is 0.0576. The maximum atomic E-state index is 13.7. The van der Waals surface area contributed by atoms with E-state index in [0.29, 0.717) is 34.0 Å². The largest absolute Gasteiger partial charge is 0.395 e. The molecule has 10 nitrogen and oxygen atoms in total. The second kappa shape index (κ2) is 10.5. The van der Waals surface area contributed by atoms with Crippen molar-refractivity contribution in [1.82, 2.24) is 9.97 Å². The Morgan fingerprint density at radius 2 is 1.72 bits per heavy atom. The van der Waals surface area contributed by atoms with Gasteiger partial charge in [-0.05, 0) is 56.2 Å². The highest BCUT2D eigenvalue weighted by atomic mass is 32.2. The van der Waals surface area contributed by atoms with Gasteiger partial charge in [-0.25, -0.2) is 22.2 Å². The lowest BCUT2D eigenvalue weighted by molar-refractivity contribution is -0.0222. The third-order valence-corrected chi connectivity index (χ3v) is 9.23. The van der Waals surface area contributed by atoms with Gasteiger partial charge in [-0.1, -0.05) is 0 Å². The lowest BCUT2D eigenvalue weighted by Crippen LogP contribution is -2.40. The molecule has 1 amide bonds. The van der Waals surface area contributed by atoms with E-state index in [0.717, 1.165) is 25.9 Å². The van der Waals surface area contributed by atoms with Crippen molar-refractivity contribution in [1.29, 1.82) is 0 Å². The maximum Gasteiger partial charge on any atom is 0.276 e. The van der Waals surface area contributed by atoms with Gasteiger partial charge in [-0.2, -0.15) is 0 Å². The summed E-state index contributed by atoms with van der Waals surface area (Å²) in [6.45, 7) is 3.05. The highest BCUT2D eigenvalue weighted by Crippen LogP contribution is 2.54. The number of carbonyl (C=O) groups excluding carboxylic acids is 1. The van der Waals surface area contributed by atoms with Crippen molar-refractivity contribution in [3.05, 3.63) is 35.8 Å². The first kappa shape index (κ1) is 27.5. The van der Waals surface area contributed by atoms with Crippen LogP contribution in [0.2, 0.25) is 0 Å². The molecule has 0 radical (unpaired) electrons. The Morgan fingerprint density at radius 3 is 2.36 bits per heavy atom. The van der Waals surface area contributed by atoms with Gasteiger partial charge in [-0.3, -0.25) is 14.5 Å². The molecule has 212 valence electrons. The molecule has 3 heterocycles. The summed E-state index contributed by atoms with van der Waals surface area (Å²) in [5, 5.41) is 12.0. The standard InChI is InChI=1S/C26H34F2N6O4S/c1-18-23(34-12-8-26(27,28)9-13-34)30-21(17-29-18)24(36)31-20-3-2-19(32-39(37,38)15-14-35)16-22(20)33-10-6-25(4-5-25)7-11-33/h2-3,16-17,32,35H,4-15H2,1H3,(H,31,36). The lowest BCUT2D eigenvalue weighted by Gasteiger charge is -2.35. The number of sulfonamides is 1. The summed E-state index contributed by atoms with van der Waals surface area (Å²) in [6, 6.07) is 4.89. The van der Waals surface area contributed by atoms with Gasteiger partial charge >= 0.3 is 0 Å². The quantitative estimate of drug-likeness (QED) is 0.445. The first-order chi connectivity index (χ1) is 18.5. The third-order valence-electron chi connectivity index (χ3n) is 7.96. The van der Waals surface area contributed by atoms with Crippen LogP contribution in [0.15, 0.2) is 24.4 Å². The Balaban J connectivity index is 1.38. The van der Waals surface area contributed by atoms with Crippen molar-refractivity contribution in [2.24, 2.45) is 5.41 Å². The fourth-order valence-corrected chi connectivity index (χ4v) is 6.12. The second-order valence-corrected chi connectivity index (χ2v) is 12.7. The average molecular weight is 565 g/mol. The molecular weight excluding hydrogens is 530 g/mol. The first-order valence-electron chi connectivity index (χ1n) is 13.3. The summed E-state index contributed by atoms with van der Waals surface area (Å²) < 4.78 is 54.3. The summed E-state index contributed by atoms with van der Waals surface area (Å²) >= 11 is 0. The van der Waals surface area contributed by atoms with Gasteiger partial charge in [0, 0.05) is 39.0 Å². The van der Waals surface area contributed by atoms with Crippen molar-refractivity contribution in [3.63, 3.8) is 0 Å². The van der Waals surface area contributed by atoms with E-state index in [9.17, 15) is 22.0 Å². The zero-order valence-electron chi connectivity index (χ0n) is 21.9. The fourth-order valence-electron chi connectivity index (χ4n) is 5.29. The van der Waals surface area contributed by atoms with Crippen LogP contribution >= 0.6 is 0 Å². The molecule has 3 aliphatic rings. The summed E-state index contributed by atoms with van der Waals surface area (Å²) in [5.74, 6) is -3.21. The molecule has 0 atom stereocenters. The zero-order valence-corrected chi connectivity index (χ0v) is 22.7. The van der Waals surface area contributed by atoms with Crippen molar-refractivity contribution in [2.75, 3.05) is 58.4 Å². The molecule has 3 N–H and O–H groups in total. The van der Waals surface area contributed by atoms with Gasteiger partial charge in [-0.15, -0.1) is 0 Å². The molecule has 1 saturated carbocycles. The fraction of sp³-hybridized carbons (Fsp3) is 0.577. The minimum atomic E-state index is -3.72. The number of alkyl halides is 2. The van der Waals surface area contributed by atoms with Gasteiger partial charge in [0.1, 0.15) is 5.69 Å². The Labute approximate surface area is 226 Å². The number of aliphatic hydroxyl groups is 1. The highest BCUT2D eigenvalue weighted by molar-refractivity contribution is 7.92. The van der Waals surface area contributed by atoms with Crippen LogP contribution in [0, 0.1) is 12.3 Å². The molecule has 1 aliphatic carbocycles. The van der Waals surface area contributed by atoms with E-state index in [1.54, 1.807) is 30.0 Å². The summed E-state index contributed by atoms with van der Waals surface area (Å²) in [4.78, 5) is 25.9. The zero-order chi connectivity index (χ0) is 27.8. The highest BCUT2D eigenvalue weighted by Gasteiger charge is 2.44. The van der Waals surface area contributed by atoms with Crippen LogP contribution in [0.3, 0.4) is 0 Å². The Hall–Kier alpha value is -3.06. The number of piperidine rings is 2. The summed E-state index contributed by atoms with van der Waals surface area (Å²) in [6.07, 6.45) is 5.33. The number of hydrogen-bond donors (Lipinski definition) is 3. The Morgan fingerprint density at radius 1 is 1.05 bits per heavy atom. The molecule has 2 saturated heterocycles. The first-order valence-corrected chi connectivity index (χ1v) is 14.9. The van der Waals surface area contributed by atoms with Crippen LogP contribution in [0.25, 0.3) is 0 Å². The minimum Gasteiger partial charge on any atom is -0.395 e. The number of nitrogens with zero attached hydrogens (tertiary/aromatic N) is 4. The number of nitrogens with one attached hydrogen (secondary N) is 2. The Kier molecular flexibility index (Phi) is 7.40. The number of aliphatic hydroxyl groups excluding tert-OH is 1. The number of benzene rings is 1. The Bertz CT molecular complexity index is 1330. The van der Waals surface area contributed by atoms with E-state index >= 15 is 0 Å². The summed E-state index contributed by atoms with van der Waals surface area (Å²) in [5.41, 5.74) is 2.55. The van der Waals surface area contributed by atoms with Gasteiger partial charge in [0.15, 0.2) is 5.82 Å². The number of rotatable bonds is 8. The lowest BCUT2D eigenvalue weighted by atomic mass is 9.93. The maximum absolute atomic E-state index is 13.7. The van der Waals surface area contributed by atoms with Gasteiger partial charge in [0.25, 0.3) is 11.8 Å². The molecule has 0 unspecified atom stereocenters. The van der Waals surface area contributed by atoms with Crippen LogP contribution in [0.5, 0.6) is 0 Å². The third kappa shape index (κ3) is 6.40. The van der Waals surface area contributed by atoms with Crippen LogP contribution in [-0.4, -0.2) is 73.9 Å². The predicted molar refractivity (Wildman–Crippen MR) is 145 cm³/mol. The van der Waals surface area contributed by atoms with E-state index in [1.807, 2.05) is 0 Å². The number of aryl methyl sites for hydroxylation is 1. The van der Waals surface area contributed by atoms with Crippen LogP contribution in [0.4, 0.5) is 31.7 Å². The summed E-state index contributed by atoms with van der Waals surface area (Å²) in [7, 11) is -3.72. The van der Waals surface area contributed by atoms with E-state index < -0.39 is 34.2 Å². The number of aromatic nitrogens is 2. The molecule has 5 rings (SSSR count). The van der Waals surface area contributed by atoms with Gasteiger partial charge in [0.05, 0.1) is 41.3 Å². The van der Waals surface area contributed by atoms with E-state index in [-0.39, 0.29) is 31.6 Å². The molecule has 39 heavy (non-hydrogen) atoms. The van der Waals surface area contributed by atoms with E-state index in [2.05, 4.69) is 24.9 Å². The molecular formula is C26H34F2N6O4S. The molecule has 2 aliphatic heterocycles. The monoisotopic (exact) mass is 564 g/mol. The van der Waals surface area contributed by atoms with Crippen molar-refractivity contribution in [2.45, 2.75) is 51.4 Å². The number of hydrogen-bond acceptors (Lipinski definition) is 8. The van der Waals surface area contributed by atoms with Gasteiger partial charge in [0.2, 0.25) is 10.0 Å². The predicted octanol–water partition coefficient (Wildman–Crippen LogP) is 3.39. The second-order valence-electron chi connectivity index (χ2n) is 10.8. The molecule has 0 bridgehead atoms. The average Bonchev–Trinajstić information content (AvgIpc) is 3.64. The number of carbonyl (C=O) groups is 1. The molecule has 3 fully saturated rings. The van der Waals surface area contributed by atoms with Crippen molar-refractivity contribution < 1.29 is 27.1 Å². The topological polar surface area (TPSA) is 128 Å². The van der Waals surface area contributed by atoms with E-state index in [4.69, 9.17) is 5.11 Å². The van der Waals surface area contributed by atoms with E-state index in [1.165, 1.54) is 19.0 Å².